The summed E-state index contributed by atoms with van der Waals surface area (Å²) in [7, 11) is 0. The smallest absolute Gasteiger partial charge is 0.318 e. The van der Waals surface area contributed by atoms with Crippen LogP contribution in [0.15, 0.2) is 83.5 Å². The van der Waals surface area contributed by atoms with Crippen LogP contribution in [-0.2, 0) is 9.63 Å². The minimum atomic E-state index is -0.444. The van der Waals surface area contributed by atoms with Gasteiger partial charge in [0.25, 0.3) is 0 Å². The topological polar surface area (TPSA) is 43.6 Å². The summed E-state index contributed by atoms with van der Waals surface area (Å²) in [5, 5.41) is 8.39. The van der Waals surface area contributed by atoms with E-state index in [4.69, 9.17) is 4.84 Å². The van der Waals surface area contributed by atoms with Gasteiger partial charge in [-0.1, -0.05) is 53.7 Å². The summed E-state index contributed by atoms with van der Waals surface area (Å²) in [5.74, 6) is -0.444. The fourth-order valence-electron chi connectivity index (χ4n) is 2.92. The number of benzene rings is 2. The second-order valence-corrected chi connectivity index (χ2v) is 6.70. The number of para-hydroxylation sites is 1. The molecule has 26 heavy (non-hydrogen) atoms. The predicted octanol–water partition coefficient (Wildman–Crippen LogP) is 5.01. The first-order chi connectivity index (χ1) is 12.7. The van der Waals surface area contributed by atoms with Crippen molar-refractivity contribution < 1.29 is 9.63 Å². The Bertz CT molecular complexity index is 1080. The molecule has 4 rings (SSSR count). The normalized spacial score (nSPS) is 11.7. The van der Waals surface area contributed by atoms with Crippen molar-refractivity contribution in [2.45, 2.75) is 6.92 Å². The molecule has 0 fully saturated rings. The fourth-order valence-corrected chi connectivity index (χ4v) is 3.64. The Morgan fingerprint density at radius 1 is 1.00 bits per heavy atom. The van der Waals surface area contributed by atoms with Gasteiger partial charge >= 0.3 is 5.97 Å². The number of hydrogen-bond acceptors (Lipinski definition) is 4. The van der Waals surface area contributed by atoms with Gasteiger partial charge < -0.3 is 9.40 Å². The summed E-state index contributed by atoms with van der Waals surface area (Å²) in [4.78, 5) is 16.3. The summed E-state index contributed by atoms with van der Waals surface area (Å²) in [6.07, 6.45) is 2.05. The average Bonchev–Trinajstić information content (AvgIpc) is 3.31. The largest absolute Gasteiger partial charge is 0.332 e. The second kappa shape index (κ2) is 6.98. The van der Waals surface area contributed by atoms with E-state index >= 15 is 0 Å². The van der Waals surface area contributed by atoms with Gasteiger partial charge in [0.2, 0.25) is 0 Å². The molecule has 2 aromatic carbocycles. The lowest BCUT2D eigenvalue weighted by Crippen LogP contribution is -2.05. The number of hydrogen-bond donors (Lipinski definition) is 0. The second-order valence-electron chi connectivity index (χ2n) is 5.77. The molecule has 4 aromatic rings. The molecule has 2 heterocycles. The van der Waals surface area contributed by atoms with E-state index in [2.05, 4.69) is 33.3 Å². The van der Waals surface area contributed by atoms with Crippen molar-refractivity contribution in [1.82, 2.24) is 4.57 Å². The summed E-state index contributed by atoms with van der Waals surface area (Å²) in [6, 6.07) is 22.0. The van der Waals surface area contributed by atoms with Crippen molar-refractivity contribution in [2.75, 3.05) is 0 Å². The van der Waals surface area contributed by atoms with Crippen LogP contribution in [-0.4, -0.2) is 16.2 Å². The monoisotopic (exact) mass is 360 g/mol. The van der Waals surface area contributed by atoms with Crippen LogP contribution in [0.1, 0.15) is 18.1 Å². The number of rotatable bonds is 4. The molecule has 0 amide bonds. The number of carbonyl (C=O) groups is 1. The third kappa shape index (κ3) is 3.05. The molecule has 0 saturated heterocycles. The van der Waals surface area contributed by atoms with Crippen molar-refractivity contribution in [3.8, 4) is 5.00 Å². The summed E-state index contributed by atoms with van der Waals surface area (Å²) in [5.41, 5.74) is 3.52. The van der Waals surface area contributed by atoms with Gasteiger partial charge in [0.05, 0.1) is 10.5 Å². The van der Waals surface area contributed by atoms with E-state index in [-0.39, 0.29) is 0 Å². The lowest BCUT2D eigenvalue weighted by atomic mass is 10.0. The van der Waals surface area contributed by atoms with Crippen LogP contribution in [0.5, 0.6) is 0 Å². The SMILES string of the molecule is CC(=O)O/N=C(\c1ccccc1)c1cn(-c2cccs2)c2ccccc12. The van der Waals surface area contributed by atoms with Crippen molar-refractivity contribution in [2.24, 2.45) is 5.16 Å². The molecule has 4 nitrogen and oxygen atoms in total. The zero-order chi connectivity index (χ0) is 17.9. The maximum Gasteiger partial charge on any atom is 0.332 e. The first-order valence-electron chi connectivity index (χ1n) is 8.19. The van der Waals surface area contributed by atoms with Crippen LogP contribution < -0.4 is 0 Å². The molecule has 0 aliphatic heterocycles. The Morgan fingerprint density at radius 3 is 2.50 bits per heavy atom. The van der Waals surface area contributed by atoms with Gasteiger partial charge in [0.1, 0.15) is 5.71 Å². The molecule has 0 aliphatic rings. The zero-order valence-corrected chi connectivity index (χ0v) is 14.9. The molecule has 0 spiro atoms. The van der Waals surface area contributed by atoms with Crippen molar-refractivity contribution in [3.05, 3.63) is 89.4 Å². The average molecular weight is 360 g/mol. The molecule has 0 aliphatic carbocycles. The summed E-state index contributed by atoms with van der Waals surface area (Å²) in [6.45, 7) is 1.35. The minimum absolute atomic E-state index is 0.444. The number of fused-ring (bicyclic) bond motifs is 1. The van der Waals surface area contributed by atoms with Crippen LogP contribution in [0.25, 0.3) is 15.9 Å². The number of carbonyl (C=O) groups excluding carboxylic acids is 1. The minimum Gasteiger partial charge on any atom is -0.318 e. The Morgan fingerprint density at radius 2 is 1.77 bits per heavy atom. The van der Waals surface area contributed by atoms with Gasteiger partial charge in [0.15, 0.2) is 0 Å². The highest BCUT2D eigenvalue weighted by Crippen LogP contribution is 2.29. The van der Waals surface area contributed by atoms with E-state index in [1.54, 1.807) is 11.3 Å². The van der Waals surface area contributed by atoms with E-state index < -0.39 is 5.97 Å². The molecule has 0 N–H and O–H groups in total. The van der Waals surface area contributed by atoms with Gasteiger partial charge in [-0.25, -0.2) is 4.79 Å². The Kier molecular flexibility index (Phi) is 4.37. The Balaban J connectivity index is 1.96. The van der Waals surface area contributed by atoms with E-state index in [0.29, 0.717) is 5.71 Å². The maximum absolute atomic E-state index is 11.3. The quantitative estimate of drug-likeness (QED) is 0.292. The highest BCUT2D eigenvalue weighted by molar-refractivity contribution is 7.12. The number of oxime groups is 1. The van der Waals surface area contributed by atoms with Crippen LogP contribution >= 0.6 is 11.3 Å². The van der Waals surface area contributed by atoms with Crippen molar-refractivity contribution >= 4 is 33.9 Å². The van der Waals surface area contributed by atoms with E-state index in [1.165, 1.54) is 6.92 Å². The highest BCUT2D eigenvalue weighted by Gasteiger charge is 2.17. The molecule has 0 bridgehead atoms. The summed E-state index contributed by atoms with van der Waals surface area (Å²) >= 11 is 1.67. The van der Waals surface area contributed by atoms with Gasteiger partial charge in [0, 0.05) is 29.6 Å². The predicted molar refractivity (Wildman–Crippen MR) is 105 cm³/mol. The Labute approximate surface area is 155 Å². The molecule has 0 radical (unpaired) electrons. The van der Waals surface area contributed by atoms with Crippen LogP contribution in [0, 0.1) is 0 Å². The first-order valence-corrected chi connectivity index (χ1v) is 9.07. The van der Waals surface area contributed by atoms with Crippen LogP contribution in [0.2, 0.25) is 0 Å². The van der Waals surface area contributed by atoms with Gasteiger partial charge in [-0.05, 0) is 23.6 Å². The third-order valence-corrected chi connectivity index (χ3v) is 4.89. The molecular weight excluding hydrogens is 344 g/mol. The number of nitrogens with zero attached hydrogens (tertiary/aromatic N) is 2. The molecule has 0 saturated carbocycles. The van der Waals surface area contributed by atoms with Gasteiger partial charge in [-0.15, -0.1) is 11.3 Å². The van der Waals surface area contributed by atoms with E-state index in [1.807, 2.05) is 54.7 Å². The van der Waals surface area contributed by atoms with Gasteiger partial charge in [-0.3, -0.25) is 0 Å². The molecule has 0 atom stereocenters. The van der Waals surface area contributed by atoms with Crippen molar-refractivity contribution in [1.29, 1.82) is 0 Å². The standard InChI is InChI=1S/C21H16N2O2S/c1-15(24)25-22-21(16-8-3-2-4-9-16)18-14-23(20-12-7-13-26-20)19-11-6-5-10-17(18)19/h2-14H,1H3/b22-21+. The summed E-state index contributed by atoms with van der Waals surface area (Å²) < 4.78 is 2.14. The molecule has 5 heteroatoms. The molecule has 2 aromatic heterocycles. The number of aromatic nitrogens is 1. The molecule has 128 valence electrons. The van der Waals surface area contributed by atoms with Crippen LogP contribution in [0.3, 0.4) is 0 Å². The van der Waals surface area contributed by atoms with Gasteiger partial charge in [-0.2, -0.15) is 0 Å². The third-order valence-electron chi connectivity index (χ3n) is 4.02. The molecule has 0 unspecified atom stereocenters. The lowest BCUT2D eigenvalue weighted by Gasteiger charge is -2.05. The fraction of sp³-hybridized carbons (Fsp3) is 0.0476. The molecular formula is C21H16N2O2S. The van der Waals surface area contributed by atoms with Crippen LogP contribution in [0.4, 0.5) is 0 Å². The Hall–Kier alpha value is -3.18. The lowest BCUT2D eigenvalue weighted by molar-refractivity contribution is -0.140. The zero-order valence-electron chi connectivity index (χ0n) is 14.1. The van der Waals surface area contributed by atoms with E-state index in [0.717, 1.165) is 27.0 Å². The van der Waals surface area contributed by atoms with Crippen molar-refractivity contribution in [3.63, 3.8) is 0 Å². The highest BCUT2D eigenvalue weighted by atomic mass is 32.1. The maximum atomic E-state index is 11.3. The van der Waals surface area contributed by atoms with E-state index in [9.17, 15) is 4.79 Å². The number of thiophene rings is 1. The first kappa shape index (κ1) is 16.3.